The van der Waals surface area contributed by atoms with Crippen LogP contribution in [0.1, 0.15) is 33.0 Å². The van der Waals surface area contributed by atoms with Crippen LogP contribution in [0.25, 0.3) is 0 Å². The van der Waals surface area contributed by atoms with Crippen LogP contribution in [-0.4, -0.2) is 30.9 Å². The molecule has 0 saturated carbocycles. The van der Waals surface area contributed by atoms with Crippen molar-refractivity contribution in [2.24, 2.45) is 11.3 Å². The smallest absolute Gasteiger partial charge is 0.276 e. The van der Waals surface area contributed by atoms with Crippen LogP contribution < -0.4 is 0 Å². The molecule has 0 aromatic carbocycles. The standard InChI is InChI=1S/C13H21NO4S/c1-13(2,3)10-6-7-14(8-10)19(16,17)12-5-4-11(9-15)18-12/h4-5,10,15H,6-9H2,1-3H3. The molecular weight excluding hydrogens is 266 g/mol. The lowest BCUT2D eigenvalue weighted by molar-refractivity contribution is 0.234. The second-order valence-corrected chi connectivity index (χ2v) is 7.96. The van der Waals surface area contributed by atoms with Crippen LogP contribution in [0.15, 0.2) is 21.6 Å². The molecule has 2 rings (SSSR count). The summed E-state index contributed by atoms with van der Waals surface area (Å²) in [4.78, 5) is 0. The maximum absolute atomic E-state index is 12.4. The minimum atomic E-state index is -3.57. The van der Waals surface area contributed by atoms with Gasteiger partial charge in [0.15, 0.2) is 0 Å². The topological polar surface area (TPSA) is 70.8 Å². The van der Waals surface area contributed by atoms with Crippen LogP contribution in [0.4, 0.5) is 0 Å². The van der Waals surface area contributed by atoms with Crippen molar-refractivity contribution in [1.29, 1.82) is 0 Å². The molecule has 1 fully saturated rings. The average molecular weight is 287 g/mol. The molecule has 0 aliphatic carbocycles. The number of aliphatic hydroxyl groups excluding tert-OH is 1. The van der Waals surface area contributed by atoms with Crippen molar-refractivity contribution < 1.29 is 17.9 Å². The Balaban J connectivity index is 2.18. The molecule has 1 unspecified atom stereocenters. The normalized spacial score (nSPS) is 22.0. The summed E-state index contributed by atoms with van der Waals surface area (Å²) in [5, 5.41) is 8.85. The van der Waals surface area contributed by atoms with Gasteiger partial charge in [-0.1, -0.05) is 20.8 Å². The molecule has 0 amide bonds. The van der Waals surface area contributed by atoms with Crippen LogP contribution in [0.3, 0.4) is 0 Å². The van der Waals surface area contributed by atoms with Gasteiger partial charge in [0.25, 0.3) is 10.0 Å². The minimum absolute atomic E-state index is 0.0777. The van der Waals surface area contributed by atoms with Crippen molar-refractivity contribution in [3.05, 3.63) is 17.9 Å². The molecule has 19 heavy (non-hydrogen) atoms. The summed E-state index contributed by atoms with van der Waals surface area (Å²) < 4.78 is 31.4. The Morgan fingerprint density at radius 1 is 1.42 bits per heavy atom. The van der Waals surface area contributed by atoms with E-state index in [1.54, 1.807) is 0 Å². The van der Waals surface area contributed by atoms with Gasteiger partial charge in [0.1, 0.15) is 12.4 Å². The van der Waals surface area contributed by atoms with Crippen LogP contribution in [0.5, 0.6) is 0 Å². The Bertz CT molecular complexity index is 541. The van der Waals surface area contributed by atoms with Crippen LogP contribution in [0, 0.1) is 11.3 Å². The highest BCUT2D eigenvalue weighted by Crippen LogP contribution is 2.35. The first-order valence-electron chi connectivity index (χ1n) is 6.45. The molecule has 6 heteroatoms. The number of aliphatic hydroxyl groups is 1. The number of hydrogen-bond acceptors (Lipinski definition) is 4. The Labute approximate surface area is 114 Å². The predicted molar refractivity (Wildman–Crippen MR) is 71.0 cm³/mol. The summed E-state index contributed by atoms with van der Waals surface area (Å²) in [5.74, 6) is 0.625. The van der Waals surface area contributed by atoms with Gasteiger partial charge in [0.05, 0.1) is 0 Å². The van der Waals surface area contributed by atoms with E-state index in [0.29, 0.717) is 19.0 Å². The summed E-state index contributed by atoms with van der Waals surface area (Å²) >= 11 is 0. The summed E-state index contributed by atoms with van der Waals surface area (Å²) in [6.45, 7) is 7.15. The number of nitrogens with zero attached hydrogens (tertiary/aromatic N) is 1. The zero-order valence-corrected chi connectivity index (χ0v) is 12.4. The highest BCUT2D eigenvalue weighted by atomic mass is 32.2. The largest absolute Gasteiger partial charge is 0.446 e. The molecule has 108 valence electrons. The van der Waals surface area contributed by atoms with Crippen LogP contribution in [0.2, 0.25) is 0 Å². The van der Waals surface area contributed by atoms with Crippen molar-refractivity contribution in [2.75, 3.05) is 13.1 Å². The Kier molecular flexibility index (Phi) is 3.77. The van der Waals surface area contributed by atoms with E-state index in [2.05, 4.69) is 20.8 Å². The molecule has 1 atom stereocenters. The fraction of sp³-hybridized carbons (Fsp3) is 0.692. The van der Waals surface area contributed by atoms with E-state index >= 15 is 0 Å². The third kappa shape index (κ3) is 2.85. The summed E-state index contributed by atoms with van der Waals surface area (Å²) in [7, 11) is -3.57. The van der Waals surface area contributed by atoms with E-state index in [0.717, 1.165) is 6.42 Å². The second-order valence-electron chi connectivity index (χ2n) is 6.09. The number of rotatable bonds is 3. The first-order valence-corrected chi connectivity index (χ1v) is 7.89. The van der Waals surface area contributed by atoms with Crippen molar-refractivity contribution in [2.45, 2.75) is 38.9 Å². The van der Waals surface area contributed by atoms with Crippen LogP contribution >= 0.6 is 0 Å². The first kappa shape index (κ1) is 14.6. The number of hydrogen-bond donors (Lipinski definition) is 1. The quantitative estimate of drug-likeness (QED) is 0.920. The van der Waals surface area contributed by atoms with E-state index in [1.807, 2.05) is 0 Å². The van der Waals surface area contributed by atoms with Crippen molar-refractivity contribution in [3.63, 3.8) is 0 Å². The molecule has 0 radical (unpaired) electrons. The van der Waals surface area contributed by atoms with Gasteiger partial charge in [-0.2, -0.15) is 4.31 Å². The van der Waals surface area contributed by atoms with Crippen molar-refractivity contribution >= 4 is 10.0 Å². The van der Waals surface area contributed by atoms with E-state index in [4.69, 9.17) is 9.52 Å². The molecular formula is C13H21NO4S. The molecule has 1 aromatic rings. The molecule has 2 heterocycles. The minimum Gasteiger partial charge on any atom is -0.446 e. The monoisotopic (exact) mass is 287 g/mol. The zero-order valence-electron chi connectivity index (χ0n) is 11.6. The highest BCUT2D eigenvalue weighted by Gasteiger charge is 2.38. The van der Waals surface area contributed by atoms with Gasteiger partial charge in [-0.05, 0) is 29.9 Å². The van der Waals surface area contributed by atoms with E-state index in [1.165, 1.54) is 16.4 Å². The van der Waals surface area contributed by atoms with Gasteiger partial charge in [-0.15, -0.1) is 0 Å². The Morgan fingerprint density at radius 3 is 2.58 bits per heavy atom. The van der Waals surface area contributed by atoms with E-state index in [-0.39, 0.29) is 22.9 Å². The summed E-state index contributed by atoms with van der Waals surface area (Å²) in [6.07, 6.45) is 0.871. The lowest BCUT2D eigenvalue weighted by atomic mass is 9.80. The van der Waals surface area contributed by atoms with Gasteiger partial charge in [-0.3, -0.25) is 0 Å². The molecule has 0 spiro atoms. The first-order chi connectivity index (χ1) is 8.75. The molecule has 1 saturated heterocycles. The third-order valence-electron chi connectivity index (χ3n) is 3.76. The van der Waals surface area contributed by atoms with Gasteiger partial charge in [0, 0.05) is 13.1 Å². The molecule has 1 aromatic heterocycles. The predicted octanol–water partition coefficient (Wildman–Crippen LogP) is 1.83. The highest BCUT2D eigenvalue weighted by molar-refractivity contribution is 7.89. The third-order valence-corrected chi connectivity index (χ3v) is 5.50. The second kappa shape index (κ2) is 4.92. The van der Waals surface area contributed by atoms with Gasteiger partial charge < -0.3 is 9.52 Å². The SMILES string of the molecule is CC(C)(C)C1CCN(S(=O)(=O)c2ccc(CO)o2)C1. The molecule has 0 bridgehead atoms. The van der Waals surface area contributed by atoms with Gasteiger partial charge in [-0.25, -0.2) is 8.42 Å². The lowest BCUT2D eigenvalue weighted by Gasteiger charge is -2.26. The van der Waals surface area contributed by atoms with Crippen LogP contribution in [-0.2, 0) is 16.6 Å². The average Bonchev–Trinajstić information content (AvgIpc) is 2.98. The Morgan fingerprint density at radius 2 is 2.11 bits per heavy atom. The maximum Gasteiger partial charge on any atom is 0.276 e. The number of furan rings is 1. The molecule has 1 aliphatic rings. The van der Waals surface area contributed by atoms with E-state index < -0.39 is 10.0 Å². The Hall–Kier alpha value is -0.850. The molecule has 1 N–H and O–H groups in total. The van der Waals surface area contributed by atoms with Gasteiger partial charge in [0.2, 0.25) is 5.09 Å². The van der Waals surface area contributed by atoms with Crippen molar-refractivity contribution in [1.82, 2.24) is 4.31 Å². The lowest BCUT2D eigenvalue weighted by Crippen LogP contribution is -2.31. The summed E-state index contributed by atoms with van der Waals surface area (Å²) in [6, 6.07) is 2.90. The van der Waals surface area contributed by atoms with Gasteiger partial charge >= 0.3 is 0 Å². The molecule has 5 nitrogen and oxygen atoms in total. The number of sulfonamides is 1. The fourth-order valence-corrected chi connectivity index (χ4v) is 3.79. The maximum atomic E-state index is 12.4. The fourth-order valence-electron chi connectivity index (χ4n) is 2.36. The van der Waals surface area contributed by atoms with E-state index in [9.17, 15) is 8.42 Å². The molecule has 1 aliphatic heterocycles. The summed E-state index contributed by atoms with van der Waals surface area (Å²) in [5.41, 5.74) is 0.101. The zero-order chi connectivity index (χ0) is 14.3. The van der Waals surface area contributed by atoms with Crippen molar-refractivity contribution in [3.8, 4) is 0 Å².